The fourth-order valence-corrected chi connectivity index (χ4v) is 4.24. The Labute approximate surface area is 162 Å². The number of nitrogens with two attached hydrogens (primary N) is 1. The molecule has 138 valence electrons. The predicted molar refractivity (Wildman–Crippen MR) is 111 cm³/mol. The first-order chi connectivity index (χ1) is 13.8. The van der Waals surface area contributed by atoms with E-state index in [4.69, 9.17) is 16.1 Å². The van der Waals surface area contributed by atoms with Gasteiger partial charge in [-0.05, 0) is 61.1 Å². The maximum Gasteiger partial charge on any atom is 0.0782 e. The molecule has 0 aliphatic heterocycles. The lowest BCUT2D eigenvalue weighted by atomic mass is 9.84. The van der Waals surface area contributed by atoms with Gasteiger partial charge in [0, 0.05) is 46.4 Å². The van der Waals surface area contributed by atoms with Crippen LogP contribution in [0.1, 0.15) is 29.5 Å². The zero-order valence-corrected chi connectivity index (χ0v) is 15.4. The molecule has 0 amide bonds. The third-order valence-corrected chi connectivity index (χ3v) is 5.53. The Balaban J connectivity index is 1.82. The molecular formula is C22H20N6. The Hall–Kier alpha value is -3.54. The number of rotatable bonds is 3. The molecule has 4 N–H and O–H groups in total. The lowest BCUT2D eigenvalue weighted by molar-refractivity contribution is 0.689. The van der Waals surface area contributed by atoms with Gasteiger partial charge in [0.15, 0.2) is 0 Å². The highest BCUT2D eigenvalue weighted by atomic mass is 15.1. The maximum absolute atomic E-state index is 7.87. The smallest absolute Gasteiger partial charge is 0.0782 e. The van der Waals surface area contributed by atoms with Gasteiger partial charge in [-0.25, -0.2) is 4.98 Å². The third kappa shape index (κ3) is 2.49. The number of hydrogen-bond acceptors (Lipinski definition) is 5. The summed E-state index contributed by atoms with van der Waals surface area (Å²) in [4.78, 5) is 9.27. The molecule has 0 atom stereocenters. The fourth-order valence-electron chi connectivity index (χ4n) is 4.24. The second-order valence-electron chi connectivity index (χ2n) is 7.13. The molecule has 0 bridgehead atoms. The van der Waals surface area contributed by atoms with E-state index in [0.29, 0.717) is 5.69 Å². The number of anilines is 1. The van der Waals surface area contributed by atoms with Crippen LogP contribution in [-0.4, -0.2) is 26.4 Å². The minimum atomic E-state index is 0.629. The summed E-state index contributed by atoms with van der Waals surface area (Å²) >= 11 is 0. The lowest BCUT2D eigenvalue weighted by Gasteiger charge is -2.22. The Morgan fingerprint density at radius 2 is 1.93 bits per heavy atom. The van der Waals surface area contributed by atoms with Crippen LogP contribution in [0.4, 0.5) is 5.69 Å². The number of benzene rings is 1. The second-order valence-corrected chi connectivity index (χ2v) is 7.13. The average Bonchev–Trinajstić information content (AvgIpc) is 3.23. The second kappa shape index (κ2) is 6.56. The van der Waals surface area contributed by atoms with Crippen LogP contribution in [0.5, 0.6) is 0 Å². The van der Waals surface area contributed by atoms with Crippen LogP contribution in [0.3, 0.4) is 0 Å². The van der Waals surface area contributed by atoms with E-state index in [9.17, 15) is 0 Å². The highest BCUT2D eigenvalue weighted by molar-refractivity contribution is 6.05. The predicted octanol–water partition coefficient (Wildman–Crippen LogP) is 4.15. The van der Waals surface area contributed by atoms with Crippen LogP contribution < -0.4 is 5.73 Å². The normalized spacial score (nSPS) is 13.4. The number of H-pyrrole nitrogens is 1. The van der Waals surface area contributed by atoms with Crippen LogP contribution in [0.15, 0.2) is 42.9 Å². The number of aryl methyl sites for hydroxylation is 1. The topological polar surface area (TPSA) is 104 Å². The minimum absolute atomic E-state index is 0.629. The van der Waals surface area contributed by atoms with Crippen molar-refractivity contribution in [2.45, 2.75) is 25.7 Å². The summed E-state index contributed by atoms with van der Waals surface area (Å²) < 4.78 is 0. The molecule has 1 aliphatic carbocycles. The number of hydrogen-bond donors (Lipinski definition) is 3. The van der Waals surface area contributed by atoms with Gasteiger partial charge in [0.05, 0.1) is 23.1 Å². The molecule has 0 saturated heterocycles. The van der Waals surface area contributed by atoms with Gasteiger partial charge in [0.1, 0.15) is 0 Å². The Morgan fingerprint density at radius 3 is 2.71 bits per heavy atom. The van der Waals surface area contributed by atoms with Crippen molar-refractivity contribution >= 4 is 22.8 Å². The van der Waals surface area contributed by atoms with Crippen molar-refractivity contribution in [1.82, 2.24) is 20.2 Å². The zero-order valence-electron chi connectivity index (χ0n) is 15.4. The molecule has 0 saturated carbocycles. The van der Waals surface area contributed by atoms with Gasteiger partial charge in [-0.2, -0.15) is 5.10 Å². The van der Waals surface area contributed by atoms with Gasteiger partial charge >= 0.3 is 0 Å². The average molecular weight is 368 g/mol. The highest BCUT2D eigenvalue weighted by Crippen LogP contribution is 2.39. The van der Waals surface area contributed by atoms with E-state index in [1.807, 2.05) is 36.7 Å². The number of aromatic amines is 1. The molecule has 3 aromatic heterocycles. The third-order valence-electron chi connectivity index (χ3n) is 5.53. The van der Waals surface area contributed by atoms with Crippen LogP contribution >= 0.6 is 0 Å². The first-order valence-corrected chi connectivity index (χ1v) is 9.46. The molecule has 5 rings (SSSR count). The van der Waals surface area contributed by atoms with Gasteiger partial charge in [-0.15, -0.1) is 0 Å². The molecule has 0 fully saturated rings. The summed E-state index contributed by atoms with van der Waals surface area (Å²) in [5, 5.41) is 16.3. The zero-order chi connectivity index (χ0) is 19.1. The molecule has 1 aromatic carbocycles. The molecule has 0 unspecified atom stereocenters. The van der Waals surface area contributed by atoms with Gasteiger partial charge in [0.2, 0.25) is 0 Å². The van der Waals surface area contributed by atoms with Crippen molar-refractivity contribution in [2.24, 2.45) is 0 Å². The van der Waals surface area contributed by atoms with E-state index >= 15 is 0 Å². The highest BCUT2D eigenvalue weighted by Gasteiger charge is 2.23. The van der Waals surface area contributed by atoms with Crippen molar-refractivity contribution in [3.8, 4) is 22.5 Å². The van der Waals surface area contributed by atoms with E-state index < -0.39 is 0 Å². The summed E-state index contributed by atoms with van der Waals surface area (Å²) in [5.41, 5.74) is 14.8. The number of aromatic nitrogens is 4. The number of fused-ring (bicyclic) bond motifs is 3. The molecule has 3 heterocycles. The van der Waals surface area contributed by atoms with Gasteiger partial charge in [0.25, 0.3) is 0 Å². The Kier molecular flexibility index (Phi) is 3.90. The van der Waals surface area contributed by atoms with E-state index in [1.165, 1.54) is 17.3 Å². The van der Waals surface area contributed by atoms with Crippen molar-refractivity contribution in [3.63, 3.8) is 0 Å². The number of pyridine rings is 2. The number of nitrogens with one attached hydrogen (secondary N) is 2. The molecule has 0 spiro atoms. The van der Waals surface area contributed by atoms with E-state index in [0.717, 1.165) is 64.7 Å². The van der Waals surface area contributed by atoms with E-state index in [2.05, 4.69) is 15.2 Å². The van der Waals surface area contributed by atoms with Crippen molar-refractivity contribution in [1.29, 1.82) is 5.41 Å². The molecule has 6 heteroatoms. The van der Waals surface area contributed by atoms with Crippen molar-refractivity contribution in [2.75, 3.05) is 5.73 Å². The lowest BCUT2D eigenvalue weighted by Crippen LogP contribution is -2.10. The quantitative estimate of drug-likeness (QED) is 0.373. The Morgan fingerprint density at radius 1 is 1.07 bits per heavy atom. The van der Waals surface area contributed by atoms with Crippen LogP contribution in [0.2, 0.25) is 0 Å². The molecular weight excluding hydrogens is 348 g/mol. The summed E-state index contributed by atoms with van der Waals surface area (Å²) in [6.07, 6.45) is 11.0. The van der Waals surface area contributed by atoms with Crippen LogP contribution in [0.25, 0.3) is 33.4 Å². The van der Waals surface area contributed by atoms with Crippen LogP contribution in [0, 0.1) is 5.41 Å². The largest absolute Gasteiger partial charge is 0.398 e. The maximum atomic E-state index is 7.87. The van der Waals surface area contributed by atoms with Crippen LogP contribution in [-0.2, 0) is 12.8 Å². The number of nitrogen functional groups attached to an aromatic ring is 1. The molecule has 0 radical (unpaired) electrons. The van der Waals surface area contributed by atoms with E-state index in [-0.39, 0.29) is 0 Å². The van der Waals surface area contributed by atoms with E-state index in [1.54, 1.807) is 6.20 Å². The number of nitrogens with zero attached hydrogens (tertiary/aromatic N) is 3. The first kappa shape index (κ1) is 16.6. The Bertz CT molecular complexity index is 1190. The van der Waals surface area contributed by atoms with Crippen molar-refractivity contribution in [3.05, 3.63) is 59.5 Å². The first-order valence-electron chi connectivity index (χ1n) is 9.46. The molecule has 6 nitrogen and oxygen atoms in total. The standard InChI is InChI=1S/C22H20N6/c23-10-16-18(24)7-8-19-20(16)14-5-1-2-6-15(14)22(27-19)17-12-26-28-21(17)13-4-3-9-25-11-13/h3-4,7-12,23H,1-2,5-6,24H2,(H,26,28). The minimum Gasteiger partial charge on any atom is -0.398 e. The summed E-state index contributed by atoms with van der Waals surface area (Å²) in [6, 6.07) is 7.74. The summed E-state index contributed by atoms with van der Waals surface area (Å²) in [7, 11) is 0. The monoisotopic (exact) mass is 368 g/mol. The van der Waals surface area contributed by atoms with Gasteiger partial charge in [-0.1, -0.05) is 0 Å². The summed E-state index contributed by atoms with van der Waals surface area (Å²) in [5.74, 6) is 0. The molecule has 28 heavy (non-hydrogen) atoms. The summed E-state index contributed by atoms with van der Waals surface area (Å²) in [6.45, 7) is 0. The van der Waals surface area contributed by atoms with Gasteiger partial charge < -0.3 is 11.1 Å². The fraction of sp³-hybridized carbons (Fsp3) is 0.182. The van der Waals surface area contributed by atoms with Gasteiger partial charge in [-0.3, -0.25) is 10.1 Å². The van der Waals surface area contributed by atoms with Crippen molar-refractivity contribution < 1.29 is 0 Å². The molecule has 1 aliphatic rings. The SMILES string of the molecule is N=Cc1c(N)ccc2nc(-c3cn[nH]c3-c3cccnc3)c3c(c12)CCCC3. The molecule has 4 aromatic rings.